The Labute approximate surface area is 184 Å². The summed E-state index contributed by atoms with van der Waals surface area (Å²) < 4.78 is 13.0. The van der Waals surface area contributed by atoms with Gasteiger partial charge >= 0.3 is 0 Å². The number of likely N-dealkylation sites (tertiary alicyclic amines) is 1. The molecule has 3 aromatic rings. The van der Waals surface area contributed by atoms with E-state index in [1.54, 1.807) is 17.0 Å². The first-order valence-corrected chi connectivity index (χ1v) is 11.1. The predicted octanol–water partition coefficient (Wildman–Crippen LogP) is 3.49. The van der Waals surface area contributed by atoms with Crippen molar-refractivity contribution in [2.75, 3.05) is 18.4 Å². The first-order chi connectivity index (χ1) is 15.1. The lowest BCUT2D eigenvalue weighted by molar-refractivity contribution is -0.128. The van der Waals surface area contributed by atoms with Crippen LogP contribution in [0, 0.1) is 11.7 Å². The first kappa shape index (κ1) is 21.1. The standard InChI is InChI=1S/C23H23FN4O2S/c24-19-9-6-17(7-10-19)12-13-28-15-18(14-21(28)29)22(30)25-23-27-26-20(31-23)11-8-16-4-2-1-3-5-16/h1-7,9-10,18H,8,11-15H2,(H,25,27,30)/t18-/m1/s1. The highest BCUT2D eigenvalue weighted by Crippen LogP contribution is 2.22. The lowest BCUT2D eigenvalue weighted by Gasteiger charge is -2.16. The summed E-state index contributed by atoms with van der Waals surface area (Å²) in [5.74, 6) is -0.929. The van der Waals surface area contributed by atoms with Crippen molar-refractivity contribution in [1.82, 2.24) is 15.1 Å². The van der Waals surface area contributed by atoms with Crippen LogP contribution in [0.3, 0.4) is 0 Å². The molecule has 0 saturated carbocycles. The third-order valence-corrected chi connectivity index (χ3v) is 6.23. The molecule has 1 aliphatic rings. The number of amides is 2. The van der Waals surface area contributed by atoms with E-state index in [0.29, 0.717) is 24.6 Å². The topological polar surface area (TPSA) is 75.2 Å². The predicted molar refractivity (Wildman–Crippen MR) is 117 cm³/mol. The number of aromatic nitrogens is 2. The SMILES string of the molecule is O=C(Nc1nnc(CCc2ccccc2)s1)[C@@H]1CC(=O)N(CCc2ccc(F)cc2)C1. The average Bonchev–Trinajstić information content (AvgIpc) is 3.39. The fraction of sp³-hybridized carbons (Fsp3) is 0.304. The number of halogens is 1. The highest BCUT2D eigenvalue weighted by Gasteiger charge is 2.34. The molecule has 4 rings (SSSR count). The van der Waals surface area contributed by atoms with E-state index in [1.807, 2.05) is 18.2 Å². The molecule has 0 radical (unpaired) electrons. The molecule has 2 aromatic carbocycles. The average molecular weight is 439 g/mol. The number of nitrogens with one attached hydrogen (secondary N) is 1. The summed E-state index contributed by atoms with van der Waals surface area (Å²) in [7, 11) is 0. The highest BCUT2D eigenvalue weighted by atomic mass is 32.1. The molecular weight excluding hydrogens is 415 g/mol. The van der Waals surface area contributed by atoms with Crippen LogP contribution in [0.5, 0.6) is 0 Å². The lowest BCUT2D eigenvalue weighted by Crippen LogP contribution is -2.30. The van der Waals surface area contributed by atoms with Crippen molar-refractivity contribution in [3.63, 3.8) is 0 Å². The molecule has 1 atom stereocenters. The van der Waals surface area contributed by atoms with Gasteiger partial charge < -0.3 is 10.2 Å². The zero-order valence-corrected chi connectivity index (χ0v) is 17.8. The van der Waals surface area contributed by atoms with Gasteiger partial charge in [-0.3, -0.25) is 9.59 Å². The summed E-state index contributed by atoms with van der Waals surface area (Å²) in [6, 6.07) is 16.4. The van der Waals surface area contributed by atoms with Gasteiger partial charge in [-0.15, -0.1) is 10.2 Å². The van der Waals surface area contributed by atoms with Crippen LogP contribution in [0.2, 0.25) is 0 Å². The number of hydrogen-bond acceptors (Lipinski definition) is 5. The monoisotopic (exact) mass is 438 g/mol. The van der Waals surface area contributed by atoms with Crippen LogP contribution in [0.15, 0.2) is 54.6 Å². The summed E-state index contributed by atoms with van der Waals surface area (Å²) >= 11 is 1.37. The molecule has 1 fully saturated rings. The van der Waals surface area contributed by atoms with Gasteiger partial charge in [0, 0.05) is 25.9 Å². The fourth-order valence-electron chi connectivity index (χ4n) is 3.59. The van der Waals surface area contributed by atoms with Gasteiger partial charge in [0.15, 0.2) is 0 Å². The molecule has 0 bridgehead atoms. The maximum absolute atomic E-state index is 13.0. The summed E-state index contributed by atoms with van der Waals surface area (Å²) in [6.07, 6.45) is 2.44. The normalized spacial score (nSPS) is 16.0. The van der Waals surface area contributed by atoms with Gasteiger partial charge in [-0.2, -0.15) is 0 Å². The van der Waals surface area contributed by atoms with Crippen LogP contribution in [-0.2, 0) is 28.9 Å². The van der Waals surface area contributed by atoms with Gasteiger partial charge in [0.1, 0.15) is 10.8 Å². The van der Waals surface area contributed by atoms with E-state index < -0.39 is 5.92 Å². The Morgan fingerprint density at radius 1 is 1.03 bits per heavy atom. The first-order valence-electron chi connectivity index (χ1n) is 10.3. The second-order valence-corrected chi connectivity index (χ2v) is 8.66. The zero-order valence-electron chi connectivity index (χ0n) is 17.0. The molecule has 6 nitrogen and oxygen atoms in total. The Morgan fingerprint density at radius 3 is 2.55 bits per heavy atom. The number of nitrogens with zero attached hydrogens (tertiary/aromatic N) is 3. The summed E-state index contributed by atoms with van der Waals surface area (Å²) in [6.45, 7) is 0.891. The third-order valence-electron chi connectivity index (χ3n) is 5.34. The van der Waals surface area contributed by atoms with Crippen LogP contribution in [0.4, 0.5) is 9.52 Å². The van der Waals surface area contributed by atoms with Gasteiger partial charge in [-0.1, -0.05) is 53.8 Å². The van der Waals surface area contributed by atoms with Crippen molar-refractivity contribution in [2.45, 2.75) is 25.7 Å². The smallest absolute Gasteiger partial charge is 0.231 e. The Bertz CT molecular complexity index is 1040. The second kappa shape index (κ2) is 9.78. The van der Waals surface area contributed by atoms with Crippen molar-refractivity contribution >= 4 is 28.3 Å². The minimum absolute atomic E-state index is 0.0388. The Hall–Kier alpha value is -3.13. The number of carbonyl (C=O) groups excluding carboxylic acids is 2. The van der Waals surface area contributed by atoms with Crippen LogP contribution in [0.1, 0.15) is 22.6 Å². The van der Waals surface area contributed by atoms with E-state index in [4.69, 9.17) is 0 Å². The van der Waals surface area contributed by atoms with E-state index in [9.17, 15) is 14.0 Å². The maximum Gasteiger partial charge on any atom is 0.231 e. The Morgan fingerprint density at radius 2 is 1.77 bits per heavy atom. The number of rotatable bonds is 8. The molecule has 1 aromatic heterocycles. The molecular formula is C23H23FN4O2S. The molecule has 1 aliphatic heterocycles. The van der Waals surface area contributed by atoms with Gasteiger partial charge in [0.2, 0.25) is 16.9 Å². The molecule has 1 N–H and O–H groups in total. The van der Waals surface area contributed by atoms with Gasteiger partial charge in [0.25, 0.3) is 0 Å². The molecule has 2 heterocycles. The molecule has 1 saturated heterocycles. The summed E-state index contributed by atoms with van der Waals surface area (Å²) in [4.78, 5) is 26.6. The van der Waals surface area contributed by atoms with Crippen molar-refractivity contribution in [3.05, 3.63) is 76.5 Å². The van der Waals surface area contributed by atoms with E-state index in [-0.39, 0.29) is 24.1 Å². The summed E-state index contributed by atoms with van der Waals surface area (Å²) in [5, 5.41) is 12.4. The highest BCUT2D eigenvalue weighted by molar-refractivity contribution is 7.15. The molecule has 31 heavy (non-hydrogen) atoms. The molecule has 8 heteroatoms. The largest absolute Gasteiger partial charge is 0.342 e. The molecule has 160 valence electrons. The van der Waals surface area contributed by atoms with E-state index in [2.05, 4.69) is 27.6 Å². The minimum Gasteiger partial charge on any atom is -0.342 e. The van der Waals surface area contributed by atoms with Crippen LogP contribution < -0.4 is 5.32 Å². The van der Waals surface area contributed by atoms with Crippen molar-refractivity contribution in [3.8, 4) is 0 Å². The number of anilines is 1. The number of aryl methyl sites for hydroxylation is 2. The second-order valence-electron chi connectivity index (χ2n) is 7.59. The van der Waals surface area contributed by atoms with Gasteiger partial charge in [-0.25, -0.2) is 4.39 Å². The van der Waals surface area contributed by atoms with Gasteiger partial charge in [-0.05, 0) is 36.1 Å². The fourth-order valence-corrected chi connectivity index (χ4v) is 4.33. The minimum atomic E-state index is -0.405. The quantitative estimate of drug-likeness (QED) is 0.584. The van der Waals surface area contributed by atoms with E-state index >= 15 is 0 Å². The van der Waals surface area contributed by atoms with Crippen LogP contribution in [-0.4, -0.2) is 40.0 Å². The molecule has 2 amide bonds. The lowest BCUT2D eigenvalue weighted by atomic mass is 10.1. The molecule has 0 unspecified atom stereocenters. The van der Waals surface area contributed by atoms with Crippen molar-refractivity contribution in [2.24, 2.45) is 5.92 Å². The summed E-state index contributed by atoms with van der Waals surface area (Å²) in [5.41, 5.74) is 2.19. The van der Waals surface area contributed by atoms with E-state index in [1.165, 1.54) is 29.0 Å². The third kappa shape index (κ3) is 5.73. The maximum atomic E-state index is 13.0. The number of benzene rings is 2. The Balaban J connectivity index is 1.25. The van der Waals surface area contributed by atoms with Crippen molar-refractivity contribution in [1.29, 1.82) is 0 Å². The van der Waals surface area contributed by atoms with Crippen LogP contribution in [0.25, 0.3) is 0 Å². The number of carbonyl (C=O) groups is 2. The van der Waals surface area contributed by atoms with Gasteiger partial charge in [0.05, 0.1) is 5.92 Å². The molecule has 0 spiro atoms. The molecule has 0 aliphatic carbocycles. The van der Waals surface area contributed by atoms with Crippen LogP contribution >= 0.6 is 11.3 Å². The zero-order chi connectivity index (χ0) is 21.6. The van der Waals surface area contributed by atoms with Crippen molar-refractivity contribution < 1.29 is 14.0 Å². The van der Waals surface area contributed by atoms with E-state index in [0.717, 1.165) is 23.4 Å². The Kier molecular flexibility index (Phi) is 6.66. The number of hydrogen-bond donors (Lipinski definition) is 1.